The highest BCUT2D eigenvalue weighted by Gasteiger charge is 2.44. The average molecular weight is 764 g/mol. The van der Waals surface area contributed by atoms with Crippen LogP contribution in [0.15, 0.2) is 182 Å². The quantitative estimate of drug-likeness (QED) is 0.0769. The lowest BCUT2D eigenvalue weighted by Gasteiger charge is -2.33. The molecule has 6 aromatic rings. The Hall–Kier alpha value is -5.44. The van der Waals surface area contributed by atoms with Gasteiger partial charge >= 0.3 is 0 Å². The van der Waals surface area contributed by atoms with Crippen LogP contribution < -0.4 is 10.2 Å². The zero-order chi connectivity index (χ0) is 40.5. The Balaban J connectivity index is 1.17. The maximum absolute atomic E-state index is 2.61. The van der Waals surface area contributed by atoms with E-state index in [1.807, 2.05) is 0 Å². The number of hydrogen-bond donors (Lipinski definition) is 1. The van der Waals surface area contributed by atoms with E-state index in [9.17, 15) is 0 Å². The third kappa shape index (κ3) is 9.14. The summed E-state index contributed by atoms with van der Waals surface area (Å²) in [5.74, 6) is 1.27. The Bertz CT molecular complexity index is 2410. The van der Waals surface area contributed by atoms with Crippen molar-refractivity contribution in [3.8, 4) is 0 Å². The SMILES string of the molecule is CC(C)CCN1/C(=C/C=C/C=C/C=C/[NH2+]c2ccc3ccccc3c2C(C)(CCC(C)C)Cc2ccccc2)C(C)(Cc2ccccc2)c2c1ccc1ccccc21. The molecule has 1 aliphatic rings. The van der Waals surface area contributed by atoms with Crippen molar-refractivity contribution in [2.75, 3.05) is 11.4 Å². The van der Waals surface area contributed by atoms with Crippen molar-refractivity contribution in [1.82, 2.24) is 0 Å². The van der Waals surface area contributed by atoms with Gasteiger partial charge in [0, 0.05) is 40.4 Å². The Morgan fingerprint density at radius 1 is 0.621 bits per heavy atom. The van der Waals surface area contributed by atoms with E-state index in [0.717, 1.165) is 32.2 Å². The fraction of sp³-hybridized carbons (Fsp3) is 0.286. The average Bonchev–Trinajstić information content (AvgIpc) is 3.46. The molecule has 0 bridgehead atoms. The van der Waals surface area contributed by atoms with E-state index in [1.54, 1.807) is 0 Å². The molecule has 58 heavy (non-hydrogen) atoms. The second kappa shape index (κ2) is 18.4. The maximum Gasteiger partial charge on any atom is 0.138 e. The van der Waals surface area contributed by atoms with Gasteiger partial charge in [0.05, 0.1) is 6.20 Å². The number of hydrogen-bond acceptors (Lipinski definition) is 1. The van der Waals surface area contributed by atoms with E-state index in [1.165, 1.54) is 67.3 Å². The summed E-state index contributed by atoms with van der Waals surface area (Å²) in [6, 6.07) is 49.2. The molecule has 2 N–H and O–H groups in total. The molecule has 6 aromatic carbocycles. The molecular formula is C56H63N2+. The number of benzene rings is 6. The van der Waals surface area contributed by atoms with E-state index in [2.05, 4.69) is 228 Å². The standard InChI is InChI=1S/C56H62N2/c1-42(2)35-37-55(5,40-44-22-12-10-13-23-44)53-48-28-19-17-26-46(48)31-33-50(53)57-38-21-9-7-8-16-30-52-56(6,41-45-24-14-11-15-25-45)54-49-29-20-18-27-47(49)32-34-51(54)58(52)39-36-43(3)4/h7-34,38,42-43,57H,35-37,39-41H2,1-6H3/p+1/b9-7+,16-8+,38-21+,52-30+. The molecule has 0 saturated heterocycles. The van der Waals surface area contributed by atoms with Crippen LogP contribution in [0.5, 0.6) is 0 Å². The van der Waals surface area contributed by atoms with Gasteiger partial charge in [0.15, 0.2) is 0 Å². The van der Waals surface area contributed by atoms with Gasteiger partial charge in [0.25, 0.3) is 0 Å². The highest BCUT2D eigenvalue weighted by molar-refractivity contribution is 5.95. The van der Waals surface area contributed by atoms with Gasteiger partial charge in [0.2, 0.25) is 0 Å². The number of anilines is 1. The lowest BCUT2D eigenvalue weighted by atomic mass is 9.71. The molecule has 1 aliphatic heterocycles. The Kier molecular flexibility index (Phi) is 12.9. The third-order valence-corrected chi connectivity index (χ3v) is 12.3. The van der Waals surface area contributed by atoms with Crippen molar-refractivity contribution >= 4 is 32.9 Å². The van der Waals surface area contributed by atoms with Crippen LogP contribution in [0.25, 0.3) is 21.5 Å². The van der Waals surface area contributed by atoms with Gasteiger partial charge in [0.1, 0.15) is 5.69 Å². The van der Waals surface area contributed by atoms with Gasteiger partial charge in [-0.25, -0.2) is 0 Å². The van der Waals surface area contributed by atoms with E-state index in [0.29, 0.717) is 11.8 Å². The van der Waals surface area contributed by atoms with Crippen molar-refractivity contribution in [2.24, 2.45) is 11.8 Å². The van der Waals surface area contributed by atoms with E-state index < -0.39 is 0 Å². The predicted octanol–water partition coefficient (Wildman–Crippen LogP) is 13.7. The summed E-state index contributed by atoms with van der Waals surface area (Å²) in [6.07, 6.45) is 20.9. The summed E-state index contributed by atoms with van der Waals surface area (Å²) in [5, 5.41) is 7.65. The molecule has 2 heteroatoms. The van der Waals surface area contributed by atoms with Gasteiger partial charge in [-0.05, 0) is 107 Å². The van der Waals surface area contributed by atoms with Gasteiger partial charge in [-0.2, -0.15) is 0 Å². The second-order valence-electron chi connectivity index (χ2n) is 17.8. The van der Waals surface area contributed by atoms with E-state index >= 15 is 0 Å². The van der Waals surface area contributed by atoms with Crippen LogP contribution in [-0.4, -0.2) is 6.54 Å². The second-order valence-corrected chi connectivity index (χ2v) is 17.8. The van der Waals surface area contributed by atoms with Gasteiger partial charge in [-0.3, -0.25) is 5.32 Å². The molecule has 2 atom stereocenters. The fourth-order valence-corrected chi connectivity index (χ4v) is 9.32. The van der Waals surface area contributed by atoms with Gasteiger partial charge in [-0.15, -0.1) is 0 Å². The molecule has 0 fully saturated rings. The molecule has 1 heterocycles. The van der Waals surface area contributed by atoms with Crippen molar-refractivity contribution < 1.29 is 5.32 Å². The van der Waals surface area contributed by atoms with Crippen molar-refractivity contribution in [1.29, 1.82) is 0 Å². The van der Waals surface area contributed by atoms with Gasteiger partial charge < -0.3 is 4.90 Å². The van der Waals surface area contributed by atoms with E-state index in [-0.39, 0.29) is 10.8 Å². The first-order chi connectivity index (χ1) is 28.2. The van der Waals surface area contributed by atoms with Crippen LogP contribution in [0.1, 0.15) is 83.1 Å². The van der Waals surface area contributed by atoms with Crippen LogP contribution in [-0.2, 0) is 23.7 Å². The van der Waals surface area contributed by atoms with Crippen molar-refractivity contribution in [2.45, 2.75) is 84.5 Å². The molecule has 0 radical (unpaired) electrons. The minimum atomic E-state index is -0.181. The lowest BCUT2D eigenvalue weighted by Crippen LogP contribution is -2.71. The van der Waals surface area contributed by atoms with Crippen LogP contribution in [0.3, 0.4) is 0 Å². The molecular weight excluding hydrogens is 701 g/mol. The monoisotopic (exact) mass is 763 g/mol. The number of fused-ring (bicyclic) bond motifs is 4. The number of quaternary nitrogens is 1. The molecule has 296 valence electrons. The van der Waals surface area contributed by atoms with Crippen molar-refractivity contribution in [3.05, 3.63) is 204 Å². The zero-order valence-corrected chi connectivity index (χ0v) is 35.7. The molecule has 7 rings (SSSR count). The Morgan fingerprint density at radius 2 is 1.21 bits per heavy atom. The summed E-state index contributed by atoms with van der Waals surface area (Å²) < 4.78 is 0. The minimum absolute atomic E-state index is 0.0114. The summed E-state index contributed by atoms with van der Waals surface area (Å²) in [5.41, 5.74) is 9.50. The predicted molar refractivity (Wildman–Crippen MR) is 251 cm³/mol. The lowest BCUT2D eigenvalue weighted by molar-refractivity contribution is -0.497. The molecule has 0 amide bonds. The molecule has 0 aliphatic carbocycles. The number of nitrogens with zero attached hydrogens (tertiary/aromatic N) is 1. The van der Waals surface area contributed by atoms with Gasteiger partial charge in [-0.1, -0.05) is 181 Å². The van der Waals surface area contributed by atoms with Crippen LogP contribution >= 0.6 is 0 Å². The molecule has 2 unspecified atom stereocenters. The smallest absolute Gasteiger partial charge is 0.138 e. The Morgan fingerprint density at radius 3 is 1.91 bits per heavy atom. The molecule has 0 aromatic heterocycles. The number of rotatable bonds is 16. The Labute approximate surface area is 348 Å². The van der Waals surface area contributed by atoms with Crippen LogP contribution in [0, 0.1) is 11.8 Å². The summed E-state index contributed by atoms with van der Waals surface area (Å²) in [7, 11) is 0. The first kappa shape index (κ1) is 40.7. The molecule has 0 spiro atoms. The molecule has 2 nitrogen and oxygen atoms in total. The largest absolute Gasteiger partial charge is 0.344 e. The summed E-state index contributed by atoms with van der Waals surface area (Å²) >= 11 is 0. The van der Waals surface area contributed by atoms with E-state index in [4.69, 9.17) is 0 Å². The highest BCUT2D eigenvalue weighted by atomic mass is 15.2. The number of allylic oxidation sites excluding steroid dienone is 7. The van der Waals surface area contributed by atoms with Crippen LogP contribution in [0.4, 0.5) is 11.4 Å². The van der Waals surface area contributed by atoms with Crippen LogP contribution in [0.2, 0.25) is 0 Å². The topological polar surface area (TPSA) is 19.9 Å². The first-order valence-electron chi connectivity index (χ1n) is 21.6. The molecule has 0 saturated carbocycles. The minimum Gasteiger partial charge on any atom is -0.344 e. The fourth-order valence-electron chi connectivity index (χ4n) is 9.32. The highest BCUT2D eigenvalue weighted by Crippen LogP contribution is 2.52. The number of nitrogens with two attached hydrogens (primary N) is 1. The zero-order valence-electron chi connectivity index (χ0n) is 35.7. The maximum atomic E-state index is 2.61. The summed E-state index contributed by atoms with van der Waals surface area (Å²) in [4.78, 5) is 2.61. The third-order valence-electron chi connectivity index (χ3n) is 12.3. The first-order valence-corrected chi connectivity index (χ1v) is 21.6. The normalized spacial score (nSPS) is 17.6. The summed E-state index contributed by atoms with van der Waals surface area (Å²) in [6.45, 7) is 15.3. The van der Waals surface area contributed by atoms with Crippen molar-refractivity contribution in [3.63, 3.8) is 0 Å².